The summed E-state index contributed by atoms with van der Waals surface area (Å²) in [6.45, 7) is -0.864. The van der Waals surface area contributed by atoms with Crippen LogP contribution in [0, 0.1) is 11.6 Å². The third kappa shape index (κ3) is 5.95. The van der Waals surface area contributed by atoms with Crippen LogP contribution in [0.1, 0.15) is 23.2 Å². The average molecular weight is 681 g/mol. The van der Waals surface area contributed by atoms with Crippen molar-refractivity contribution >= 4 is 46.0 Å². The Hall–Kier alpha value is -4.77. The van der Waals surface area contributed by atoms with E-state index in [0.29, 0.717) is 31.7 Å². The smallest absolute Gasteiger partial charge is 0.401 e. The number of amides is 2. The predicted octanol–water partition coefficient (Wildman–Crippen LogP) is 3.39. The summed E-state index contributed by atoms with van der Waals surface area (Å²) in [7, 11) is 1.37. The first-order chi connectivity index (χ1) is 22.1. The molecule has 6 rings (SSSR count). The Labute approximate surface area is 267 Å². The fraction of sp³-hybridized carbons (Fsp3) is 0.345. The van der Waals surface area contributed by atoms with Crippen LogP contribution in [0.25, 0.3) is 22.2 Å². The highest BCUT2D eigenvalue weighted by Gasteiger charge is 2.45. The van der Waals surface area contributed by atoms with Crippen molar-refractivity contribution in [3.05, 3.63) is 63.4 Å². The van der Waals surface area contributed by atoms with E-state index in [2.05, 4.69) is 15.3 Å². The van der Waals surface area contributed by atoms with Crippen molar-refractivity contribution < 1.29 is 36.6 Å². The maximum absolute atomic E-state index is 15.1. The molecule has 0 radical (unpaired) electrons. The number of hydrogen-bond acceptors (Lipinski definition) is 8. The number of carbonyl (C=O) groups excluding carboxylic acids is 2. The first-order valence-corrected chi connectivity index (χ1v) is 14.6. The van der Waals surface area contributed by atoms with E-state index < -0.39 is 65.2 Å². The van der Waals surface area contributed by atoms with E-state index in [1.54, 1.807) is 0 Å². The van der Waals surface area contributed by atoms with E-state index in [9.17, 15) is 37.1 Å². The van der Waals surface area contributed by atoms with Crippen LogP contribution in [0.3, 0.4) is 0 Å². The quantitative estimate of drug-likeness (QED) is 0.252. The highest BCUT2D eigenvalue weighted by molar-refractivity contribution is 6.33. The lowest BCUT2D eigenvalue weighted by Crippen LogP contribution is -2.56. The SMILES string of the molecule is Cn1cnc2c(c(-c3cc(C(N)=O)c(O)c(F)c3F)cn2CC(=O)Nc2cc(N3C[C@H]4CC[C@@H](C3)N4CC(F)(F)F)ncc2Cl)c1=O. The standard InChI is InChI=1S/C29H26ClF5N8O4/c1-40-12-38-27-22(28(40)47)17(15-4-16(26(36)46)25(45)24(32)23(15)31)9-42(27)10-21(44)39-19-5-20(37-6-18(19)30)41-7-13-2-3-14(8-41)43(13)11-29(33,34)35/h4-6,9,12-14,45H,2-3,7-8,10-11H2,1H3,(H2,36,46)(H,37,39,44)/t13-,14+. The van der Waals surface area contributed by atoms with Gasteiger partial charge in [-0.05, 0) is 18.9 Å². The van der Waals surface area contributed by atoms with E-state index in [0.717, 1.165) is 10.6 Å². The van der Waals surface area contributed by atoms with Gasteiger partial charge in [-0.25, -0.2) is 14.4 Å². The lowest BCUT2D eigenvalue weighted by Gasteiger charge is -2.41. The number of benzene rings is 1. The van der Waals surface area contributed by atoms with E-state index in [1.807, 2.05) is 4.90 Å². The van der Waals surface area contributed by atoms with Crippen LogP contribution in [0.15, 0.2) is 35.6 Å². The minimum atomic E-state index is -4.31. The third-order valence-electron chi connectivity index (χ3n) is 8.42. The number of halogens is 6. The molecule has 2 aliphatic rings. The topological polar surface area (TPSA) is 152 Å². The molecule has 2 saturated heterocycles. The van der Waals surface area contributed by atoms with Crippen LogP contribution >= 0.6 is 11.6 Å². The Morgan fingerprint density at radius 1 is 1.11 bits per heavy atom. The number of fused-ring (bicyclic) bond motifs is 3. The van der Waals surface area contributed by atoms with Crippen molar-refractivity contribution in [3.8, 4) is 16.9 Å². The van der Waals surface area contributed by atoms with Crippen LogP contribution in [0.5, 0.6) is 5.75 Å². The molecule has 0 unspecified atom stereocenters. The molecule has 2 atom stereocenters. The molecular weight excluding hydrogens is 655 g/mol. The normalized spacial score (nSPS) is 18.2. The molecule has 0 spiro atoms. The number of alkyl halides is 3. The minimum absolute atomic E-state index is 0.0690. The summed E-state index contributed by atoms with van der Waals surface area (Å²) in [4.78, 5) is 50.0. The van der Waals surface area contributed by atoms with Gasteiger partial charge in [0.1, 0.15) is 18.0 Å². The van der Waals surface area contributed by atoms with Gasteiger partial charge in [-0.3, -0.25) is 19.3 Å². The van der Waals surface area contributed by atoms with E-state index in [4.69, 9.17) is 17.3 Å². The second kappa shape index (κ2) is 11.8. The van der Waals surface area contributed by atoms with Crippen LogP contribution in [0.4, 0.5) is 33.5 Å². The number of primary amides is 1. The van der Waals surface area contributed by atoms with Crippen LogP contribution < -0.4 is 21.5 Å². The maximum Gasteiger partial charge on any atom is 0.401 e. The molecule has 4 aromatic rings. The number of nitrogens with two attached hydrogens (primary N) is 1. The Kier molecular flexibility index (Phi) is 8.07. The molecule has 248 valence electrons. The molecule has 4 N–H and O–H groups in total. The second-order valence-electron chi connectivity index (χ2n) is 11.5. The van der Waals surface area contributed by atoms with Crippen molar-refractivity contribution in [2.75, 3.05) is 29.9 Å². The predicted molar refractivity (Wildman–Crippen MR) is 160 cm³/mol. The van der Waals surface area contributed by atoms with Crippen molar-refractivity contribution in [3.63, 3.8) is 0 Å². The lowest BCUT2D eigenvalue weighted by molar-refractivity contribution is -0.153. The number of carbonyl (C=O) groups is 2. The van der Waals surface area contributed by atoms with Crippen molar-refractivity contribution in [2.24, 2.45) is 12.8 Å². The second-order valence-corrected chi connectivity index (χ2v) is 11.9. The molecule has 2 aliphatic heterocycles. The summed E-state index contributed by atoms with van der Waals surface area (Å²) in [5.41, 5.74) is 3.11. The molecule has 2 amide bonds. The number of rotatable bonds is 7. The Balaban J connectivity index is 1.28. The molecule has 2 fully saturated rings. The van der Waals surface area contributed by atoms with Gasteiger partial charge in [0, 0.05) is 55.6 Å². The molecule has 5 heterocycles. The number of aryl methyl sites for hydroxylation is 1. The van der Waals surface area contributed by atoms with Gasteiger partial charge in [0.15, 0.2) is 11.6 Å². The summed E-state index contributed by atoms with van der Waals surface area (Å²) >= 11 is 6.32. The fourth-order valence-electron chi connectivity index (χ4n) is 6.27. The van der Waals surface area contributed by atoms with Gasteiger partial charge in [0.05, 0.1) is 40.7 Å². The van der Waals surface area contributed by atoms with E-state index in [1.165, 1.54) is 41.3 Å². The molecular formula is C29H26ClF5N8O4. The first kappa shape index (κ1) is 32.2. The number of anilines is 2. The summed E-state index contributed by atoms with van der Waals surface area (Å²) in [6, 6.07) is 1.68. The van der Waals surface area contributed by atoms with Crippen molar-refractivity contribution in [1.82, 2.24) is 24.0 Å². The van der Waals surface area contributed by atoms with Gasteiger partial charge >= 0.3 is 6.18 Å². The van der Waals surface area contributed by atoms with Crippen LogP contribution in [-0.2, 0) is 18.4 Å². The van der Waals surface area contributed by atoms with Crippen molar-refractivity contribution in [2.45, 2.75) is 37.6 Å². The molecule has 47 heavy (non-hydrogen) atoms. The van der Waals surface area contributed by atoms with E-state index in [-0.39, 0.29) is 39.4 Å². The average Bonchev–Trinajstić information content (AvgIpc) is 3.44. The van der Waals surface area contributed by atoms with Gasteiger partial charge in [-0.2, -0.15) is 17.6 Å². The van der Waals surface area contributed by atoms with Crippen LogP contribution in [-0.4, -0.2) is 78.8 Å². The zero-order valence-corrected chi connectivity index (χ0v) is 25.2. The molecule has 12 nitrogen and oxygen atoms in total. The zero-order valence-electron chi connectivity index (χ0n) is 24.5. The maximum atomic E-state index is 15.1. The van der Waals surface area contributed by atoms with Gasteiger partial charge in [-0.1, -0.05) is 11.6 Å². The number of aromatic nitrogens is 4. The minimum Gasteiger partial charge on any atom is -0.504 e. The van der Waals surface area contributed by atoms with Crippen molar-refractivity contribution in [1.29, 1.82) is 0 Å². The molecule has 1 aromatic carbocycles. The fourth-order valence-corrected chi connectivity index (χ4v) is 6.42. The number of nitrogens with zero attached hydrogens (tertiary/aromatic N) is 6. The summed E-state index contributed by atoms with van der Waals surface area (Å²) in [5, 5.41) is 12.4. The Morgan fingerprint density at radius 2 is 1.79 bits per heavy atom. The first-order valence-electron chi connectivity index (χ1n) is 14.2. The highest BCUT2D eigenvalue weighted by Crippen LogP contribution is 2.37. The van der Waals surface area contributed by atoms with Crippen LogP contribution in [0.2, 0.25) is 5.02 Å². The molecule has 0 aliphatic carbocycles. The summed E-state index contributed by atoms with van der Waals surface area (Å²) in [6.07, 6.45) is 0.566. The molecule has 0 saturated carbocycles. The number of hydrogen-bond donors (Lipinski definition) is 3. The number of aromatic hydroxyl groups is 1. The monoisotopic (exact) mass is 680 g/mol. The van der Waals surface area contributed by atoms with Gasteiger partial charge < -0.3 is 30.2 Å². The Morgan fingerprint density at radius 3 is 2.43 bits per heavy atom. The largest absolute Gasteiger partial charge is 0.504 e. The highest BCUT2D eigenvalue weighted by atomic mass is 35.5. The summed E-state index contributed by atoms with van der Waals surface area (Å²) in [5.74, 6) is -6.12. The zero-order chi connectivity index (χ0) is 33.9. The van der Waals surface area contributed by atoms with E-state index >= 15 is 4.39 Å². The van der Waals surface area contributed by atoms with Gasteiger partial charge in [0.2, 0.25) is 11.7 Å². The van der Waals surface area contributed by atoms with Gasteiger partial charge in [0.25, 0.3) is 11.5 Å². The number of phenols is 1. The Bertz CT molecular complexity index is 1980. The molecule has 2 bridgehead atoms. The number of piperazine rings is 1. The van der Waals surface area contributed by atoms with Gasteiger partial charge in [-0.15, -0.1) is 0 Å². The third-order valence-corrected chi connectivity index (χ3v) is 8.72. The number of pyridine rings is 1. The lowest BCUT2D eigenvalue weighted by atomic mass is 10.0. The molecule has 18 heteroatoms. The number of nitrogens with one attached hydrogen (secondary N) is 1. The summed E-state index contributed by atoms with van der Waals surface area (Å²) < 4.78 is 71.3. The molecule has 3 aromatic heterocycles.